The molecule has 2 fully saturated rings. The number of benzene rings is 1. The summed E-state index contributed by atoms with van der Waals surface area (Å²) in [7, 11) is 1.64. The summed E-state index contributed by atoms with van der Waals surface area (Å²) in [4.78, 5) is 18.7. The van der Waals surface area contributed by atoms with Crippen molar-refractivity contribution in [2.45, 2.75) is 23.7 Å². The van der Waals surface area contributed by atoms with E-state index in [2.05, 4.69) is 4.98 Å². The first-order chi connectivity index (χ1) is 12.7. The van der Waals surface area contributed by atoms with Gasteiger partial charge in [0.15, 0.2) is 0 Å². The second kappa shape index (κ2) is 7.19. The number of likely N-dealkylation sites (tertiary alicyclic amines) is 1. The Morgan fingerprint density at radius 1 is 1.27 bits per heavy atom. The van der Waals surface area contributed by atoms with Gasteiger partial charge in [0.05, 0.1) is 18.3 Å². The molecule has 0 N–H and O–H groups in total. The lowest BCUT2D eigenvalue weighted by Gasteiger charge is -2.47. The zero-order valence-electron chi connectivity index (χ0n) is 14.8. The predicted molar refractivity (Wildman–Crippen MR) is 102 cm³/mol. The summed E-state index contributed by atoms with van der Waals surface area (Å²) in [5.74, 6) is 2.64. The first-order valence-electron chi connectivity index (χ1n) is 8.78. The molecule has 0 unspecified atom stereocenters. The van der Waals surface area contributed by atoms with Crippen molar-refractivity contribution in [1.29, 1.82) is 0 Å². The average Bonchev–Trinajstić information content (AvgIpc) is 3.06. The second-order valence-corrected chi connectivity index (χ2v) is 8.37. The zero-order valence-corrected chi connectivity index (χ0v) is 15.6. The van der Waals surface area contributed by atoms with Crippen LogP contribution < -0.4 is 9.47 Å². The van der Waals surface area contributed by atoms with Crippen molar-refractivity contribution in [2.24, 2.45) is 0 Å². The molecule has 1 spiro atoms. The van der Waals surface area contributed by atoms with Gasteiger partial charge < -0.3 is 14.4 Å². The Labute approximate surface area is 157 Å². The van der Waals surface area contributed by atoms with E-state index in [0.717, 1.165) is 36.6 Å². The van der Waals surface area contributed by atoms with E-state index in [0.29, 0.717) is 12.3 Å². The van der Waals surface area contributed by atoms with Gasteiger partial charge in [-0.1, -0.05) is 18.2 Å². The predicted octanol–water partition coefficient (Wildman–Crippen LogP) is 2.80. The Balaban J connectivity index is 1.27. The summed E-state index contributed by atoms with van der Waals surface area (Å²) in [5, 5.41) is 0. The molecule has 5 nitrogen and oxygen atoms in total. The maximum absolute atomic E-state index is 12.5. The lowest BCUT2D eigenvalue weighted by atomic mass is 9.92. The smallest absolute Gasteiger partial charge is 0.227 e. The number of nitrogens with zero attached hydrogens (tertiary/aromatic N) is 2. The minimum Gasteiger partial charge on any atom is -0.497 e. The van der Waals surface area contributed by atoms with E-state index in [1.165, 1.54) is 0 Å². The highest BCUT2D eigenvalue weighted by atomic mass is 32.2. The molecule has 136 valence electrons. The van der Waals surface area contributed by atoms with Gasteiger partial charge in [-0.15, -0.1) is 11.8 Å². The van der Waals surface area contributed by atoms with Crippen LogP contribution in [0.4, 0.5) is 0 Å². The SMILES string of the molecule is COc1ccc(CC(=O)N2CC3(C[C@H](Oc4ccccn4)CS3)C2)cc1. The fourth-order valence-electron chi connectivity index (χ4n) is 3.54. The third-order valence-electron chi connectivity index (χ3n) is 4.93. The summed E-state index contributed by atoms with van der Waals surface area (Å²) in [5.41, 5.74) is 1.02. The minimum atomic E-state index is 0.162. The molecule has 0 radical (unpaired) electrons. The van der Waals surface area contributed by atoms with Crippen molar-refractivity contribution < 1.29 is 14.3 Å². The van der Waals surface area contributed by atoms with Gasteiger partial charge in [-0.2, -0.15) is 0 Å². The molecular weight excluding hydrogens is 348 g/mol. The van der Waals surface area contributed by atoms with Crippen LogP contribution in [0.5, 0.6) is 11.6 Å². The van der Waals surface area contributed by atoms with Crippen LogP contribution >= 0.6 is 11.8 Å². The molecule has 3 heterocycles. The minimum absolute atomic E-state index is 0.162. The van der Waals surface area contributed by atoms with Crippen molar-refractivity contribution in [3.05, 3.63) is 54.2 Å². The van der Waals surface area contributed by atoms with Crippen LogP contribution in [-0.2, 0) is 11.2 Å². The molecule has 0 aliphatic carbocycles. The standard InChI is InChI=1S/C20H22N2O3S/c1-24-16-7-5-15(6-8-16)10-19(23)22-13-20(14-22)11-17(12-26-20)25-18-4-2-3-9-21-18/h2-9,17H,10-14H2,1H3/t17-/m0/s1. The number of carbonyl (C=O) groups is 1. The van der Waals surface area contributed by atoms with Crippen LogP contribution in [0.15, 0.2) is 48.7 Å². The van der Waals surface area contributed by atoms with Crippen LogP contribution in [0.3, 0.4) is 0 Å². The molecular formula is C20H22N2O3S. The van der Waals surface area contributed by atoms with Gasteiger partial charge in [0.25, 0.3) is 0 Å². The molecule has 1 amide bonds. The molecule has 1 atom stereocenters. The molecule has 4 rings (SSSR count). The maximum atomic E-state index is 12.5. The van der Waals surface area contributed by atoms with E-state index >= 15 is 0 Å². The third kappa shape index (κ3) is 3.65. The van der Waals surface area contributed by atoms with E-state index in [9.17, 15) is 4.79 Å². The van der Waals surface area contributed by atoms with Crippen LogP contribution in [0.1, 0.15) is 12.0 Å². The normalized spacial score (nSPS) is 20.7. The lowest BCUT2D eigenvalue weighted by Crippen LogP contribution is -2.61. The summed E-state index contributed by atoms with van der Waals surface area (Å²) in [6, 6.07) is 13.4. The molecule has 6 heteroatoms. The number of rotatable bonds is 5. The Morgan fingerprint density at radius 2 is 2.08 bits per heavy atom. The highest BCUT2D eigenvalue weighted by molar-refractivity contribution is 8.01. The van der Waals surface area contributed by atoms with Crippen LogP contribution in [-0.4, -0.2) is 52.6 Å². The van der Waals surface area contributed by atoms with Gasteiger partial charge in [0.1, 0.15) is 11.9 Å². The number of methoxy groups -OCH3 is 1. The monoisotopic (exact) mass is 370 g/mol. The maximum Gasteiger partial charge on any atom is 0.227 e. The fraction of sp³-hybridized carbons (Fsp3) is 0.400. The number of hydrogen-bond donors (Lipinski definition) is 0. The number of thioether (sulfide) groups is 1. The summed E-state index contributed by atoms with van der Waals surface area (Å²) in [6.45, 7) is 1.63. The Morgan fingerprint density at radius 3 is 2.77 bits per heavy atom. The van der Waals surface area contributed by atoms with Crippen molar-refractivity contribution in [2.75, 3.05) is 26.0 Å². The van der Waals surface area contributed by atoms with Crippen molar-refractivity contribution in [3.8, 4) is 11.6 Å². The van der Waals surface area contributed by atoms with E-state index < -0.39 is 0 Å². The lowest BCUT2D eigenvalue weighted by molar-refractivity contribution is -0.135. The summed E-state index contributed by atoms with van der Waals surface area (Å²) < 4.78 is 11.3. The Hall–Kier alpha value is -2.21. The molecule has 2 aliphatic rings. The highest BCUT2D eigenvalue weighted by Crippen LogP contribution is 2.46. The first kappa shape index (κ1) is 17.2. The number of carbonyl (C=O) groups excluding carboxylic acids is 1. The second-order valence-electron chi connectivity index (χ2n) is 6.88. The number of hydrogen-bond acceptors (Lipinski definition) is 5. The van der Waals surface area contributed by atoms with Gasteiger partial charge >= 0.3 is 0 Å². The molecule has 0 saturated carbocycles. The topological polar surface area (TPSA) is 51.7 Å². The number of aromatic nitrogens is 1. The third-order valence-corrected chi connectivity index (χ3v) is 6.50. The van der Waals surface area contributed by atoms with Gasteiger partial charge in [-0.3, -0.25) is 4.79 Å². The summed E-state index contributed by atoms with van der Waals surface area (Å²) >= 11 is 1.93. The van der Waals surface area contributed by atoms with Crippen LogP contribution in [0, 0.1) is 0 Å². The van der Waals surface area contributed by atoms with E-state index in [1.807, 2.05) is 59.1 Å². The van der Waals surface area contributed by atoms with Crippen LogP contribution in [0.2, 0.25) is 0 Å². The average molecular weight is 370 g/mol. The van der Waals surface area contributed by atoms with Gasteiger partial charge in [0, 0.05) is 37.5 Å². The summed E-state index contributed by atoms with van der Waals surface area (Å²) in [6.07, 6.45) is 3.34. The molecule has 1 aromatic carbocycles. The van der Waals surface area contributed by atoms with Crippen molar-refractivity contribution >= 4 is 17.7 Å². The Bertz CT molecular complexity index is 760. The van der Waals surface area contributed by atoms with E-state index in [4.69, 9.17) is 9.47 Å². The van der Waals surface area contributed by atoms with Gasteiger partial charge in [-0.25, -0.2) is 4.98 Å². The van der Waals surface area contributed by atoms with Gasteiger partial charge in [0.2, 0.25) is 11.8 Å². The largest absolute Gasteiger partial charge is 0.497 e. The fourth-order valence-corrected chi connectivity index (χ4v) is 5.06. The van der Waals surface area contributed by atoms with E-state index in [-0.39, 0.29) is 16.8 Å². The van der Waals surface area contributed by atoms with Crippen molar-refractivity contribution in [3.63, 3.8) is 0 Å². The zero-order chi connectivity index (χ0) is 18.0. The highest BCUT2D eigenvalue weighted by Gasteiger charge is 2.51. The molecule has 2 aromatic rings. The number of amides is 1. The van der Waals surface area contributed by atoms with Crippen molar-refractivity contribution in [1.82, 2.24) is 9.88 Å². The molecule has 2 saturated heterocycles. The quantitative estimate of drug-likeness (QED) is 0.810. The van der Waals surface area contributed by atoms with E-state index in [1.54, 1.807) is 13.3 Å². The molecule has 1 aromatic heterocycles. The molecule has 2 aliphatic heterocycles. The van der Waals surface area contributed by atoms with Gasteiger partial charge in [-0.05, 0) is 23.8 Å². The number of ether oxygens (including phenoxy) is 2. The number of pyridine rings is 1. The molecule has 26 heavy (non-hydrogen) atoms. The molecule has 0 bridgehead atoms. The first-order valence-corrected chi connectivity index (χ1v) is 9.77. The van der Waals surface area contributed by atoms with Crippen LogP contribution in [0.25, 0.3) is 0 Å². The Kier molecular flexibility index (Phi) is 4.76.